The molecular formula is C12H12Cl2N4O2. The highest BCUT2D eigenvalue weighted by molar-refractivity contribution is 6.32. The molecule has 1 N–H and O–H groups in total. The molecule has 0 spiro atoms. The van der Waals surface area contributed by atoms with Gasteiger partial charge in [-0.25, -0.2) is 9.97 Å². The van der Waals surface area contributed by atoms with Crippen LogP contribution in [0.15, 0.2) is 24.4 Å². The minimum Gasteiger partial charge on any atom is -0.383 e. The van der Waals surface area contributed by atoms with Gasteiger partial charge in [0, 0.05) is 25.9 Å². The molecule has 0 aliphatic heterocycles. The van der Waals surface area contributed by atoms with Gasteiger partial charge in [-0.05, 0) is 23.7 Å². The first-order valence-corrected chi connectivity index (χ1v) is 6.51. The van der Waals surface area contributed by atoms with Crippen molar-refractivity contribution in [1.29, 1.82) is 0 Å². The van der Waals surface area contributed by atoms with Gasteiger partial charge in [0.2, 0.25) is 5.28 Å². The molecule has 2 aromatic heterocycles. The summed E-state index contributed by atoms with van der Waals surface area (Å²) in [5.74, 6) is -0.0589. The Morgan fingerprint density at radius 1 is 1.45 bits per heavy atom. The Bertz CT molecular complexity index is 595. The van der Waals surface area contributed by atoms with Crippen molar-refractivity contribution in [3.63, 3.8) is 0 Å². The Hall–Kier alpha value is -1.63. The molecule has 0 atom stereocenters. The number of anilines is 1. The quantitative estimate of drug-likeness (QED) is 0.680. The maximum Gasteiger partial charge on any atom is 0.273 e. The highest BCUT2D eigenvalue weighted by atomic mass is 35.5. The van der Waals surface area contributed by atoms with Gasteiger partial charge in [-0.2, -0.15) is 0 Å². The van der Waals surface area contributed by atoms with E-state index in [1.807, 2.05) is 0 Å². The van der Waals surface area contributed by atoms with Gasteiger partial charge in [0.25, 0.3) is 5.91 Å². The normalized spacial score (nSPS) is 10.6. The summed E-state index contributed by atoms with van der Waals surface area (Å²) >= 11 is 11.4. The molecule has 106 valence electrons. The van der Waals surface area contributed by atoms with Crippen molar-refractivity contribution in [2.45, 2.75) is 6.54 Å². The molecule has 20 heavy (non-hydrogen) atoms. The molecule has 0 radical (unpaired) electrons. The molecule has 0 aromatic carbocycles. The van der Waals surface area contributed by atoms with Crippen LogP contribution < -0.4 is 5.32 Å². The first kappa shape index (κ1) is 14.8. The topological polar surface area (TPSA) is 69.0 Å². The summed E-state index contributed by atoms with van der Waals surface area (Å²) in [7, 11) is 1.61. The van der Waals surface area contributed by atoms with Gasteiger partial charge in [0.15, 0.2) is 0 Å². The van der Waals surface area contributed by atoms with Gasteiger partial charge in [0.05, 0.1) is 6.61 Å². The standard InChI is InChI=1S/C12H12Cl2N4O2/c1-20-6-5-18-4-2-3-8(18)11(19)16-10-7-9(13)15-12(14)17-10/h2-4,7H,5-6H2,1H3,(H,15,16,17,19). The van der Waals surface area contributed by atoms with E-state index in [0.717, 1.165) is 0 Å². The molecule has 2 aromatic rings. The largest absolute Gasteiger partial charge is 0.383 e. The highest BCUT2D eigenvalue weighted by Gasteiger charge is 2.12. The second-order valence-electron chi connectivity index (χ2n) is 3.88. The van der Waals surface area contributed by atoms with Crippen LogP contribution >= 0.6 is 23.2 Å². The predicted octanol–water partition coefficient (Wildman–Crippen LogP) is 2.48. The van der Waals surface area contributed by atoms with Crippen molar-refractivity contribution in [1.82, 2.24) is 14.5 Å². The van der Waals surface area contributed by atoms with E-state index in [-0.39, 0.29) is 22.2 Å². The maximum absolute atomic E-state index is 12.2. The van der Waals surface area contributed by atoms with Crippen LogP contribution in [0.2, 0.25) is 10.4 Å². The molecule has 6 nitrogen and oxygen atoms in total. The summed E-state index contributed by atoms with van der Waals surface area (Å²) in [6.45, 7) is 1.09. The Kier molecular flexibility index (Phi) is 4.94. The number of ether oxygens (including phenoxy) is 1. The van der Waals surface area contributed by atoms with Gasteiger partial charge in [0.1, 0.15) is 16.7 Å². The SMILES string of the molecule is COCCn1cccc1C(=O)Nc1cc(Cl)nc(Cl)n1. The number of carbonyl (C=O) groups excluding carboxylic acids is 1. The van der Waals surface area contributed by atoms with Gasteiger partial charge in [-0.15, -0.1) is 0 Å². The summed E-state index contributed by atoms with van der Waals surface area (Å²) in [5.41, 5.74) is 0.493. The Morgan fingerprint density at radius 2 is 2.25 bits per heavy atom. The average Bonchev–Trinajstić information content (AvgIpc) is 2.83. The lowest BCUT2D eigenvalue weighted by molar-refractivity contribution is 0.101. The van der Waals surface area contributed by atoms with Crippen LogP contribution in [0.4, 0.5) is 5.82 Å². The first-order chi connectivity index (χ1) is 9.60. The molecule has 0 bridgehead atoms. The van der Waals surface area contributed by atoms with Crippen molar-refractivity contribution in [3.8, 4) is 0 Å². The predicted molar refractivity (Wildman–Crippen MR) is 76.3 cm³/mol. The molecule has 8 heteroatoms. The van der Waals surface area contributed by atoms with E-state index >= 15 is 0 Å². The van der Waals surface area contributed by atoms with Crippen LogP contribution in [-0.4, -0.2) is 34.2 Å². The third-order valence-corrected chi connectivity index (χ3v) is 2.87. The van der Waals surface area contributed by atoms with Gasteiger partial charge in [-0.3, -0.25) is 4.79 Å². The summed E-state index contributed by atoms with van der Waals surface area (Å²) in [5, 5.41) is 2.76. The van der Waals surface area contributed by atoms with Crippen LogP contribution in [0.5, 0.6) is 0 Å². The third-order valence-electron chi connectivity index (χ3n) is 2.51. The molecule has 2 heterocycles. The van der Waals surface area contributed by atoms with E-state index in [0.29, 0.717) is 18.8 Å². The van der Waals surface area contributed by atoms with E-state index in [1.165, 1.54) is 6.07 Å². The lowest BCUT2D eigenvalue weighted by atomic mass is 10.4. The third kappa shape index (κ3) is 3.69. The number of nitrogens with zero attached hydrogens (tertiary/aromatic N) is 3. The lowest BCUT2D eigenvalue weighted by Gasteiger charge is -2.09. The zero-order chi connectivity index (χ0) is 14.5. The number of hydrogen-bond donors (Lipinski definition) is 1. The number of nitrogens with one attached hydrogen (secondary N) is 1. The fourth-order valence-electron chi connectivity index (χ4n) is 1.64. The van der Waals surface area contributed by atoms with Crippen molar-refractivity contribution in [2.75, 3.05) is 19.0 Å². The van der Waals surface area contributed by atoms with Crippen molar-refractivity contribution in [2.24, 2.45) is 0 Å². The zero-order valence-corrected chi connectivity index (χ0v) is 12.1. The summed E-state index contributed by atoms with van der Waals surface area (Å²) in [6, 6.07) is 4.91. The fourth-order valence-corrected chi connectivity index (χ4v) is 2.05. The number of carbonyl (C=O) groups is 1. The van der Waals surface area contributed by atoms with Crippen LogP contribution in [-0.2, 0) is 11.3 Å². The highest BCUT2D eigenvalue weighted by Crippen LogP contribution is 2.15. The summed E-state index contributed by atoms with van der Waals surface area (Å²) in [4.78, 5) is 19.8. The zero-order valence-electron chi connectivity index (χ0n) is 10.6. The summed E-state index contributed by atoms with van der Waals surface area (Å²) < 4.78 is 6.77. The second kappa shape index (κ2) is 6.69. The Balaban J connectivity index is 2.13. The maximum atomic E-state index is 12.2. The summed E-state index contributed by atoms with van der Waals surface area (Å²) in [6.07, 6.45) is 1.80. The number of rotatable bonds is 5. The smallest absolute Gasteiger partial charge is 0.273 e. The van der Waals surface area contributed by atoms with Gasteiger partial charge in [-0.1, -0.05) is 11.6 Å². The van der Waals surface area contributed by atoms with Crippen molar-refractivity contribution >= 4 is 34.9 Å². The lowest BCUT2D eigenvalue weighted by Crippen LogP contribution is -2.18. The fraction of sp³-hybridized carbons (Fsp3) is 0.250. The van der Waals surface area contributed by atoms with E-state index in [2.05, 4.69) is 15.3 Å². The van der Waals surface area contributed by atoms with Crippen molar-refractivity contribution in [3.05, 3.63) is 40.5 Å². The Labute approximate surface area is 125 Å². The monoisotopic (exact) mass is 314 g/mol. The molecule has 1 amide bonds. The number of halogens is 2. The van der Waals surface area contributed by atoms with E-state index in [4.69, 9.17) is 27.9 Å². The Morgan fingerprint density at radius 3 is 2.95 bits per heavy atom. The molecule has 0 saturated heterocycles. The number of amides is 1. The van der Waals surface area contributed by atoms with Crippen molar-refractivity contribution < 1.29 is 9.53 Å². The van der Waals surface area contributed by atoms with Gasteiger partial charge < -0.3 is 14.6 Å². The van der Waals surface area contributed by atoms with Crippen LogP contribution in [0, 0.1) is 0 Å². The van der Waals surface area contributed by atoms with E-state index in [1.54, 1.807) is 30.0 Å². The minimum absolute atomic E-state index is 0.0254. The first-order valence-electron chi connectivity index (χ1n) is 5.75. The minimum atomic E-state index is -0.308. The second-order valence-corrected chi connectivity index (χ2v) is 4.60. The molecule has 0 saturated carbocycles. The molecule has 0 unspecified atom stereocenters. The van der Waals surface area contributed by atoms with E-state index < -0.39 is 0 Å². The van der Waals surface area contributed by atoms with Crippen LogP contribution in [0.3, 0.4) is 0 Å². The average molecular weight is 315 g/mol. The van der Waals surface area contributed by atoms with E-state index in [9.17, 15) is 4.79 Å². The number of hydrogen-bond acceptors (Lipinski definition) is 4. The van der Waals surface area contributed by atoms with Crippen LogP contribution in [0.1, 0.15) is 10.5 Å². The molecular weight excluding hydrogens is 303 g/mol. The molecule has 0 aliphatic rings. The molecule has 0 aliphatic carbocycles. The van der Waals surface area contributed by atoms with Crippen LogP contribution in [0.25, 0.3) is 0 Å². The number of methoxy groups -OCH3 is 1. The number of aromatic nitrogens is 3. The van der Waals surface area contributed by atoms with Gasteiger partial charge >= 0.3 is 0 Å². The molecule has 2 rings (SSSR count). The molecule has 0 fully saturated rings.